The molecule has 84 valence electrons. The molecule has 0 radical (unpaired) electrons. The number of hydrogen-bond donors (Lipinski definition) is 1. The van der Waals surface area contributed by atoms with Crippen LogP contribution < -0.4 is 5.32 Å². The van der Waals surface area contributed by atoms with Crippen molar-refractivity contribution >= 4 is 0 Å². The van der Waals surface area contributed by atoms with Gasteiger partial charge in [0.1, 0.15) is 0 Å². The minimum Gasteiger partial charge on any atom is -0.379 e. The van der Waals surface area contributed by atoms with Gasteiger partial charge >= 0.3 is 0 Å². The molecule has 1 N–H and O–H groups in total. The summed E-state index contributed by atoms with van der Waals surface area (Å²) in [6, 6.07) is 0. The monoisotopic (exact) mass is 201 g/mol. The molecule has 0 spiro atoms. The van der Waals surface area contributed by atoms with E-state index in [1.165, 1.54) is 0 Å². The van der Waals surface area contributed by atoms with E-state index in [0.29, 0.717) is 6.10 Å². The van der Waals surface area contributed by atoms with Crippen LogP contribution in [-0.4, -0.2) is 38.5 Å². The number of methoxy groups -OCH3 is 1. The molecular formula is C11H23NO2. The second kappa shape index (κ2) is 5.69. The van der Waals surface area contributed by atoms with Crippen LogP contribution >= 0.6 is 0 Å². The molecule has 1 aliphatic rings. The topological polar surface area (TPSA) is 30.5 Å². The summed E-state index contributed by atoms with van der Waals surface area (Å²) >= 11 is 0. The van der Waals surface area contributed by atoms with E-state index < -0.39 is 0 Å². The SMILES string of the molecule is COC(C)(C)CCOC1CCNCC1. The van der Waals surface area contributed by atoms with Gasteiger partial charge in [-0.25, -0.2) is 0 Å². The first-order chi connectivity index (χ1) is 6.64. The fourth-order valence-electron chi connectivity index (χ4n) is 1.54. The van der Waals surface area contributed by atoms with E-state index in [2.05, 4.69) is 19.2 Å². The molecule has 1 saturated heterocycles. The predicted octanol–water partition coefficient (Wildman–Crippen LogP) is 1.57. The van der Waals surface area contributed by atoms with Crippen molar-refractivity contribution in [3.63, 3.8) is 0 Å². The molecular weight excluding hydrogens is 178 g/mol. The molecule has 0 aromatic carbocycles. The smallest absolute Gasteiger partial charge is 0.0644 e. The Balaban J connectivity index is 2.08. The van der Waals surface area contributed by atoms with Crippen molar-refractivity contribution in [3.05, 3.63) is 0 Å². The zero-order chi connectivity index (χ0) is 10.4. The lowest BCUT2D eigenvalue weighted by Crippen LogP contribution is -2.33. The summed E-state index contributed by atoms with van der Waals surface area (Å²) in [5.74, 6) is 0. The van der Waals surface area contributed by atoms with Crippen molar-refractivity contribution < 1.29 is 9.47 Å². The van der Waals surface area contributed by atoms with Crippen molar-refractivity contribution in [2.45, 2.75) is 44.8 Å². The predicted molar refractivity (Wildman–Crippen MR) is 57.5 cm³/mol. The Hall–Kier alpha value is -0.120. The lowest BCUT2D eigenvalue weighted by Gasteiger charge is -2.26. The van der Waals surface area contributed by atoms with Crippen molar-refractivity contribution in [2.24, 2.45) is 0 Å². The fourth-order valence-corrected chi connectivity index (χ4v) is 1.54. The van der Waals surface area contributed by atoms with E-state index in [-0.39, 0.29) is 5.60 Å². The van der Waals surface area contributed by atoms with Gasteiger partial charge in [-0.2, -0.15) is 0 Å². The molecule has 0 unspecified atom stereocenters. The summed E-state index contributed by atoms with van der Waals surface area (Å²) in [5, 5.41) is 3.33. The molecule has 0 bridgehead atoms. The maximum Gasteiger partial charge on any atom is 0.0644 e. The third-order valence-electron chi connectivity index (χ3n) is 2.90. The second-order valence-corrected chi connectivity index (χ2v) is 4.53. The average molecular weight is 201 g/mol. The summed E-state index contributed by atoms with van der Waals surface area (Å²) < 4.78 is 11.1. The lowest BCUT2D eigenvalue weighted by atomic mass is 10.1. The highest BCUT2D eigenvalue weighted by molar-refractivity contribution is 4.70. The molecule has 1 fully saturated rings. The average Bonchev–Trinajstić information content (AvgIpc) is 2.19. The number of ether oxygens (including phenoxy) is 2. The van der Waals surface area contributed by atoms with Gasteiger partial charge in [0, 0.05) is 13.7 Å². The summed E-state index contributed by atoms with van der Waals surface area (Å²) in [5.41, 5.74) is -0.0487. The van der Waals surface area contributed by atoms with Crippen LogP contribution in [0.15, 0.2) is 0 Å². The zero-order valence-electron chi connectivity index (χ0n) is 9.64. The third-order valence-corrected chi connectivity index (χ3v) is 2.90. The maximum atomic E-state index is 5.80. The molecule has 3 heteroatoms. The van der Waals surface area contributed by atoms with Crippen molar-refractivity contribution in [3.8, 4) is 0 Å². The Bertz CT molecular complexity index is 153. The van der Waals surface area contributed by atoms with Gasteiger partial charge < -0.3 is 14.8 Å². The molecule has 0 saturated carbocycles. The van der Waals surface area contributed by atoms with Crippen LogP contribution in [-0.2, 0) is 9.47 Å². The normalized spacial score (nSPS) is 19.9. The van der Waals surface area contributed by atoms with Crippen LogP contribution in [0.1, 0.15) is 33.1 Å². The van der Waals surface area contributed by atoms with Crippen LogP contribution in [0, 0.1) is 0 Å². The first-order valence-electron chi connectivity index (χ1n) is 5.51. The van der Waals surface area contributed by atoms with Gasteiger partial charge in [-0.1, -0.05) is 0 Å². The standard InChI is InChI=1S/C11H23NO2/c1-11(2,13-3)6-9-14-10-4-7-12-8-5-10/h10,12H,4-9H2,1-3H3. The molecule has 3 nitrogen and oxygen atoms in total. The van der Waals surface area contributed by atoms with Gasteiger partial charge in [-0.05, 0) is 46.2 Å². The highest BCUT2D eigenvalue weighted by Gasteiger charge is 2.18. The van der Waals surface area contributed by atoms with Gasteiger partial charge in [0.25, 0.3) is 0 Å². The van der Waals surface area contributed by atoms with Crippen LogP contribution in [0.4, 0.5) is 0 Å². The molecule has 1 aliphatic heterocycles. The van der Waals surface area contributed by atoms with E-state index in [0.717, 1.165) is 39.0 Å². The third kappa shape index (κ3) is 4.40. The molecule has 1 rings (SSSR count). The summed E-state index contributed by atoms with van der Waals surface area (Å²) in [4.78, 5) is 0. The minimum atomic E-state index is -0.0487. The Labute approximate surface area is 87.2 Å². The molecule has 0 atom stereocenters. The highest BCUT2D eigenvalue weighted by atomic mass is 16.5. The lowest BCUT2D eigenvalue weighted by molar-refractivity contribution is -0.0324. The number of hydrogen-bond acceptors (Lipinski definition) is 3. The Morgan fingerprint density at radius 2 is 1.93 bits per heavy atom. The number of piperidine rings is 1. The van der Waals surface area contributed by atoms with Crippen molar-refractivity contribution in [1.29, 1.82) is 0 Å². The van der Waals surface area contributed by atoms with E-state index in [4.69, 9.17) is 9.47 Å². The summed E-state index contributed by atoms with van der Waals surface area (Å²) in [7, 11) is 1.75. The molecule has 1 heterocycles. The Morgan fingerprint density at radius 1 is 1.29 bits per heavy atom. The van der Waals surface area contributed by atoms with Crippen LogP contribution in [0.5, 0.6) is 0 Å². The first kappa shape index (κ1) is 12.0. The number of rotatable bonds is 5. The summed E-state index contributed by atoms with van der Waals surface area (Å²) in [6.07, 6.45) is 3.72. The van der Waals surface area contributed by atoms with Crippen LogP contribution in [0.3, 0.4) is 0 Å². The van der Waals surface area contributed by atoms with Crippen LogP contribution in [0.2, 0.25) is 0 Å². The van der Waals surface area contributed by atoms with E-state index in [9.17, 15) is 0 Å². The Morgan fingerprint density at radius 3 is 2.50 bits per heavy atom. The van der Waals surface area contributed by atoms with Crippen LogP contribution in [0.25, 0.3) is 0 Å². The summed E-state index contributed by atoms with van der Waals surface area (Å²) in [6.45, 7) is 7.19. The van der Waals surface area contributed by atoms with E-state index in [1.54, 1.807) is 7.11 Å². The first-order valence-corrected chi connectivity index (χ1v) is 5.51. The van der Waals surface area contributed by atoms with Gasteiger partial charge in [0.15, 0.2) is 0 Å². The van der Waals surface area contributed by atoms with Gasteiger partial charge in [-0.15, -0.1) is 0 Å². The quantitative estimate of drug-likeness (QED) is 0.732. The highest BCUT2D eigenvalue weighted by Crippen LogP contribution is 2.15. The maximum absolute atomic E-state index is 5.80. The van der Waals surface area contributed by atoms with E-state index in [1.807, 2.05) is 0 Å². The molecule has 14 heavy (non-hydrogen) atoms. The molecule has 0 aromatic rings. The van der Waals surface area contributed by atoms with E-state index >= 15 is 0 Å². The van der Waals surface area contributed by atoms with Crippen molar-refractivity contribution in [1.82, 2.24) is 5.32 Å². The Kier molecular flexibility index (Phi) is 4.85. The largest absolute Gasteiger partial charge is 0.379 e. The van der Waals surface area contributed by atoms with Gasteiger partial charge in [-0.3, -0.25) is 0 Å². The van der Waals surface area contributed by atoms with Gasteiger partial charge in [0.05, 0.1) is 11.7 Å². The van der Waals surface area contributed by atoms with Gasteiger partial charge in [0.2, 0.25) is 0 Å². The molecule has 0 amide bonds. The molecule has 0 aliphatic carbocycles. The molecule has 0 aromatic heterocycles. The number of nitrogens with one attached hydrogen (secondary N) is 1. The second-order valence-electron chi connectivity index (χ2n) is 4.53. The van der Waals surface area contributed by atoms with Crippen molar-refractivity contribution in [2.75, 3.05) is 26.8 Å². The zero-order valence-corrected chi connectivity index (χ0v) is 9.64. The minimum absolute atomic E-state index is 0.0487. The fraction of sp³-hybridized carbons (Fsp3) is 1.00.